The predicted octanol–water partition coefficient (Wildman–Crippen LogP) is 1.000. The second-order valence-electron chi connectivity index (χ2n) is 4.64. The van der Waals surface area contributed by atoms with E-state index in [9.17, 15) is 8.42 Å². The molecule has 0 unspecified atom stereocenters. The van der Waals surface area contributed by atoms with E-state index in [1.165, 1.54) is 17.5 Å². The van der Waals surface area contributed by atoms with Gasteiger partial charge in [-0.05, 0) is 19.1 Å². The number of rotatable bonds is 6. The number of nitrogens with zero attached hydrogens (tertiary/aromatic N) is 2. The molecule has 0 saturated carbocycles. The smallest absolute Gasteiger partial charge is 0.248 e. The van der Waals surface area contributed by atoms with E-state index in [-0.39, 0.29) is 23.9 Å². The van der Waals surface area contributed by atoms with Crippen LogP contribution >= 0.6 is 0 Å². The molecule has 114 valence electrons. The van der Waals surface area contributed by atoms with Crippen molar-refractivity contribution in [2.75, 3.05) is 25.9 Å². The Hall–Kier alpha value is -2.06. The van der Waals surface area contributed by atoms with E-state index in [2.05, 4.69) is 10.2 Å². The molecule has 1 aromatic carbocycles. The number of nitrogen functional groups attached to an aromatic ring is 1. The molecule has 0 aliphatic carbocycles. The van der Waals surface area contributed by atoms with Crippen molar-refractivity contribution in [1.82, 2.24) is 14.5 Å². The number of H-pyrrole nitrogens is 1. The van der Waals surface area contributed by atoms with E-state index in [1.807, 2.05) is 31.2 Å². The lowest BCUT2D eigenvalue weighted by molar-refractivity contribution is 0.287. The fourth-order valence-corrected chi connectivity index (χ4v) is 2.87. The molecule has 1 heterocycles. The molecule has 3 N–H and O–H groups in total. The first-order valence-electron chi connectivity index (χ1n) is 6.36. The highest BCUT2D eigenvalue weighted by Gasteiger charge is 2.24. The minimum Gasteiger partial charge on any atom is -0.492 e. The summed E-state index contributed by atoms with van der Waals surface area (Å²) in [5, 5.41) is 6.03. The molecule has 21 heavy (non-hydrogen) atoms. The quantitative estimate of drug-likeness (QED) is 0.829. The Labute approximate surface area is 123 Å². The fourth-order valence-electron chi connectivity index (χ4n) is 1.71. The zero-order chi connectivity index (χ0) is 15.5. The number of ether oxygens (including phenoxy) is 1. The Bertz CT molecular complexity index is 694. The van der Waals surface area contributed by atoms with Crippen LogP contribution in [0.1, 0.15) is 5.56 Å². The highest BCUT2D eigenvalue weighted by Crippen LogP contribution is 2.18. The predicted molar refractivity (Wildman–Crippen MR) is 79.5 cm³/mol. The number of aromatic nitrogens is 2. The Kier molecular flexibility index (Phi) is 4.49. The lowest BCUT2D eigenvalue weighted by Gasteiger charge is -2.16. The molecular formula is C13H18N4O3S. The molecule has 0 amide bonds. The SMILES string of the molecule is Cc1ccc(OCCN(C)S(=O)(=O)c2cn[nH]c2N)cc1. The first kappa shape index (κ1) is 15.3. The average Bonchev–Trinajstić information content (AvgIpc) is 2.88. The summed E-state index contributed by atoms with van der Waals surface area (Å²) >= 11 is 0. The maximum absolute atomic E-state index is 12.2. The number of likely N-dealkylation sites (N-methyl/N-ethyl adjacent to an activating group) is 1. The topological polar surface area (TPSA) is 101 Å². The number of aryl methyl sites for hydroxylation is 1. The monoisotopic (exact) mass is 310 g/mol. The summed E-state index contributed by atoms with van der Waals surface area (Å²) < 4.78 is 31.2. The zero-order valence-electron chi connectivity index (χ0n) is 11.9. The van der Waals surface area contributed by atoms with E-state index < -0.39 is 10.0 Å². The van der Waals surface area contributed by atoms with Crippen LogP contribution in [0.5, 0.6) is 5.75 Å². The second-order valence-corrected chi connectivity index (χ2v) is 6.65. The summed E-state index contributed by atoms with van der Waals surface area (Å²) in [7, 11) is -2.18. The molecular weight excluding hydrogens is 292 g/mol. The van der Waals surface area contributed by atoms with E-state index in [1.54, 1.807) is 0 Å². The van der Waals surface area contributed by atoms with Crippen LogP contribution < -0.4 is 10.5 Å². The van der Waals surface area contributed by atoms with Gasteiger partial charge >= 0.3 is 0 Å². The number of hydrogen-bond donors (Lipinski definition) is 2. The Morgan fingerprint density at radius 1 is 1.33 bits per heavy atom. The molecule has 7 nitrogen and oxygen atoms in total. The van der Waals surface area contributed by atoms with Gasteiger partial charge in [-0.1, -0.05) is 17.7 Å². The Morgan fingerprint density at radius 3 is 2.57 bits per heavy atom. The molecule has 0 radical (unpaired) electrons. The van der Waals surface area contributed by atoms with Crippen LogP contribution in [-0.2, 0) is 10.0 Å². The number of hydrogen-bond acceptors (Lipinski definition) is 5. The number of sulfonamides is 1. The van der Waals surface area contributed by atoms with E-state index in [0.29, 0.717) is 5.75 Å². The van der Waals surface area contributed by atoms with Crippen molar-refractivity contribution in [2.45, 2.75) is 11.8 Å². The van der Waals surface area contributed by atoms with Crippen molar-refractivity contribution >= 4 is 15.8 Å². The Morgan fingerprint density at radius 2 is 2.00 bits per heavy atom. The molecule has 2 rings (SSSR count). The van der Waals surface area contributed by atoms with E-state index in [0.717, 1.165) is 5.56 Å². The lowest BCUT2D eigenvalue weighted by atomic mass is 10.2. The van der Waals surface area contributed by atoms with Gasteiger partial charge in [-0.25, -0.2) is 8.42 Å². The fraction of sp³-hybridized carbons (Fsp3) is 0.308. The van der Waals surface area contributed by atoms with E-state index in [4.69, 9.17) is 10.5 Å². The molecule has 8 heteroatoms. The first-order valence-corrected chi connectivity index (χ1v) is 7.80. The number of benzene rings is 1. The standard InChI is InChI=1S/C13H18N4O3S/c1-10-3-5-11(6-4-10)20-8-7-17(2)21(18,19)12-9-15-16-13(12)14/h3-6,9H,7-8H2,1-2H3,(H3,14,15,16). The van der Waals surface area contributed by atoms with Gasteiger partial charge in [-0.2, -0.15) is 9.40 Å². The zero-order valence-corrected chi connectivity index (χ0v) is 12.7. The number of nitrogens with one attached hydrogen (secondary N) is 1. The second kappa shape index (κ2) is 6.15. The van der Waals surface area contributed by atoms with Crippen LogP contribution in [0, 0.1) is 6.92 Å². The van der Waals surface area contributed by atoms with Crippen LogP contribution in [0.4, 0.5) is 5.82 Å². The molecule has 1 aromatic heterocycles. The van der Waals surface area contributed by atoms with Gasteiger partial charge in [0.05, 0.1) is 6.20 Å². The third-order valence-electron chi connectivity index (χ3n) is 3.02. The first-order chi connectivity index (χ1) is 9.91. The summed E-state index contributed by atoms with van der Waals surface area (Å²) in [6.45, 7) is 2.44. The molecule has 0 fully saturated rings. The molecule has 0 aliphatic rings. The van der Waals surface area contributed by atoms with Crippen molar-refractivity contribution in [2.24, 2.45) is 0 Å². The normalized spacial score (nSPS) is 11.8. The summed E-state index contributed by atoms with van der Waals surface area (Å²) in [4.78, 5) is -0.0275. The van der Waals surface area contributed by atoms with Gasteiger partial charge in [0, 0.05) is 13.6 Å². The summed E-state index contributed by atoms with van der Waals surface area (Å²) in [6.07, 6.45) is 1.20. The summed E-state index contributed by atoms with van der Waals surface area (Å²) in [5.74, 6) is 0.732. The molecule has 0 spiro atoms. The third kappa shape index (κ3) is 3.53. The van der Waals surface area contributed by atoms with Crippen LogP contribution in [0.2, 0.25) is 0 Å². The number of aromatic amines is 1. The van der Waals surface area contributed by atoms with Gasteiger partial charge in [-0.15, -0.1) is 0 Å². The summed E-state index contributed by atoms with van der Waals surface area (Å²) in [6, 6.07) is 7.56. The summed E-state index contributed by atoms with van der Waals surface area (Å²) in [5.41, 5.74) is 6.68. The Balaban J connectivity index is 1.94. The maximum Gasteiger partial charge on any atom is 0.248 e. The minimum atomic E-state index is -3.65. The molecule has 0 aliphatic heterocycles. The van der Waals surface area contributed by atoms with Gasteiger partial charge in [0.1, 0.15) is 23.1 Å². The van der Waals surface area contributed by atoms with Crippen molar-refractivity contribution < 1.29 is 13.2 Å². The van der Waals surface area contributed by atoms with Crippen molar-refractivity contribution in [1.29, 1.82) is 0 Å². The molecule has 2 aromatic rings. The van der Waals surface area contributed by atoms with E-state index >= 15 is 0 Å². The van der Waals surface area contributed by atoms with Gasteiger partial charge in [0.25, 0.3) is 0 Å². The van der Waals surface area contributed by atoms with Gasteiger partial charge in [-0.3, -0.25) is 5.10 Å². The molecule has 0 bridgehead atoms. The van der Waals surface area contributed by atoms with Crippen LogP contribution in [0.3, 0.4) is 0 Å². The van der Waals surface area contributed by atoms with Gasteiger partial charge in [0.2, 0.25) is 10.0 Å². The van der Waals surface area contributed by atoms with Crippen LogP contribution in [0.15, 0.2) is 35.4 Å². The highest BCUT2D eigenvalue weighted by molar-refractivity contribution is 7.89. The lowest BCUT2D eigenvalue weighted by Crippen LogP contribution is -2.31. The minimum absolute atomic E-state index is 0.0275. The largest absolute Gasteiger partial charge is 0.492 e. The molecule has 0 atom stereocenters. The molecule has 0 saturated heterocycles. The highest BCUT2D eigenvalue weighted by atomic mass is 32.2. The third-order valence-corrected chi connectivity index (χ3v) is 4.90. The van der Waals surface area contributed by atoms with Gasteiger partial charge in [0.15, 0.2) is 0 Å². The number of nitrogens with two attached hydrogens (primary N) is 1. The van der Waals surface area contributed by atoms with Gasteiger partial charge < -0.3 is 10.5 Å². The number of anilines is 1. The van der Waals surface area contributed by atoms with Crippen LogP contribution in [-0.4, -0.2) is 43.1 Å². The van der Waals surface area contributed by atoms with Crippen molar-refractivity contribution in [3.63, 3.8) is 0 Å². The van der Waals surface area contributed by atoms with Crippen molar-refractivity contribution in [3.8, 4) is 5.75 Å². The van der Waals surface area contributed by atoms with Crippen LogP contribution in [0.25, 0.3) is 0 Å². The maximum atomic E-state index is 12.2. The van der Waals surface area contributed by atoms with Crippen molar-refractivity contribution in [3.05, 3.63) is 36.0 Å². The average molecular weight is 310 g/mol.